The Morgan fingerprint density at radius 1 is 0.979 bits per heavy atom. The van der Waals surface area contributed by atoms with E-state index in [0.29, 0.717) is 60.4 Å². The van der Waals surface area contributed by atoms with Crippen LogP contribution in [-0.4, -0.2) is 80.8 Å². The average molecular weight is 662 g/mol. The zero-order valence-corrected chi connectivity index (χ0v) is 26.5. The van der Waals surface area contributed by atoms with Crippen molar-refractivity contribution >= 4 is 18.1 Å². The third kappa shape index (κ3) is 9.91. The first-order valence-electron chi connectivity index (χ1n) is 15.4. The van der Waals surface area contributed by atoms with E-state index in [1.54, 1.807) is 48.4 Å². The first-order valence-corrected chi connectivity index (χ1v) is 15.4. The molecule has 1 aliphatic rings. The van der Waals surface area contributed by atoms with Crippen LogP contribution in [0.4, 0.5) is 10.1 Å². The molecule has 4 aromatic rings. The number of aromatic carboxylic acids is 1. The number of aliphatic hydroxyl groups excluding tert-OH is 1. The van der Waals surface area contributed by atoms with Gasteiger partial charge in [0.2, 0.25) is 6.41 Å². The van der Waals surface area contributed by atoms with Crippen molar-refractivity contribution in [1.82, 2.24) is 5.32 Å². The van der Waals surface area contributed by atoms with Gasteiger partial charge in [-0.3, -0.25) is 4.79 Å². The molecule has 254 valence electrons. The van der Waals surface area contributed by atoms with Crippen LogP contribution in [0.1, 0.15) is 15.9 Å². The van der Waals surface area contributed by atoms with Crippen molar-refractivity contribution in [3.63, 3.8) is 0 Å². The van der Waals surface area contributed by atoms with E-state index in [1.807, 2.05) is 36.4 Å². The number of carboxylic acids is 1. The van der Waals surface area contributed by atoms with Crippen LogP contribution >= 0.6 is 0 Å². The fraction of sp³-hybridized carbons (Fsp3) is 0.278. The van der Waals surface area contributed by atoms with Gasteiger partial charge in [0.15, 0.2) is 11.5 Å². The summed E-state index contributed by atoms with van der Waals surface area (Å²) in [6.45, 7) is 1.47. The van der Waals surface area contributed by atoms with Crippen LogP contribution in [0, 0.1) is 5.82 Å². The monoisotopic (exact) mass is 661 g/mol. The number of nitrogens with two attached hydrogens (primary N) is 1. The second-order valence-corrected chi connectivity index (χ2v) is 10.7. The lowest BCUT2D eigenvalue weighted by Gasteiger charge is -2.29. The van der Waals surface area contributed by atoms with Gasteiger partial charge in [0.25, 0.3) is 0 Å². The maximum atomic E-state index is 13.3. The molecule has 0 aromatic heterocycles. The van der Waals surface area contributed by atoms with Crippen molar-refractivity contribution in [2.24, 2.45) is 5.73 Å². The fourth-order valence-electron chi connectivity index (χ4n) is 5.11. The number of anilines is 1. The maximum absolute atomic E-state index is 13.3. The van der Waals surface area contributed by atoms with Gasteiger partial charge in [-0.15, -0.1) is 0 Å². The van der Waals surface area contributed by atoms with Crippen LogP contribution in [-0.2, 0) is 11.2 Å². The molecule has 12 heteroatoms. The SMILES string of the molecule is COc1ccccc1OCCNCC(O)COc1cccc2c1CC(C(CN)Oc1ccc(F)cc1)N2C=O.O=C(O)c1ccccc1. The number of hydrogen-bond donors (Lipinski definition) is 4. The number of hydrogen-bond acceptors (Lipinski definition) is 9. The Morgan fingerprint density at radius 2 is 1.67 bits per heavy atom. The summed E-state index contributed by atoms with van der Waals surface area (Å²) in [5.41, 5.74) is 7.87. The molecule has 0 fully saturated rings. The lowest BCUT2D eigenvalue weighted by Crippen LogP contribution is -2.47. The van der Waals surface area contributed by atoms with Crippen LogP contribution in [0.15, 0.2) is 97.1 Å². The quantitative estimate of drug-likeness (QED) is 0.103. The van der Waals surface area contributed by atoms with E-state index in [4.69, 9.17) is 29.8 Å². The van der Waals surface area contributed by atoms with E-state index in [-0.39, 0.29) is 25.0 Å². The highest BCUT2D eigenvalue weighted by Crippen LogP contribution is 2.39. The zero-order chi connectivity index (χ0) is 34.3. The van der Waals surface area contributed by atoms with Crippen molar-refractivity contribution in [2.75, 3.05) is 44.9 Å². The van der Waals surface area contributed by atoms with Crippen LogP contribution in [0.25, 0.3) is 0 Å². The predicted octanol–water partition coefficient (Wildman–Crippen LogP) is 3.92. The molecular weight excluding hydrogens is 621 g/mol. The standard InChI is InChI=1S/C29H34FN3O6.C7H6O2/c1-36-27-6-2-3-7-28(27)37-14-13-32-17-21(35)18-38-26-8-4-5-24-23(26)15-25(33(24)19-34)29(16-31)39-22-11-9-20(30)10-12-22;8-7(9)6-4-2-1-3-5-6/h2-12,19,21,25,29,32,35H,13-18,31H2,1H3;1-5H,(H,8,9). The number of para-hydroxylation sites is 2. The zero-order valence-electron chi connectivity index (χ0n) is 26.5. The van der Waals surface area contributed by atoms with Gasteiger partial charge in [-0.1, -0.05) is 36.4 Å². The van der Waals surface area contributed by atoms with E-state index < -0.39 is 18.2 Å². The largest absolute Gasteiger partial charge is 0.493 e. The summed E-state index contributed by atoms with van der Waals surface area (Å²) in [7, 11) is 1.59. The normalized spacial score (nSPS) is 14.5. The predicted molar refractivity (Wildman–Crippen MR) is 179 cm³/mol. The molecule has 5 N–H and O–H groups in total. The van der Waals surface area contributed by atoms with Gasteiger partial charge in [0.1, 0.15) is 42.7 Å². The van der Waals surface area contributed by atoms with E-state index in [0.717, 1.165) is 12.0 Å². The van der Waals surface area contributed by atoms with Gasteiger partial charge >= 0.3 is 5.97 Å². The smallest absolute Gasteiger partial charge is 0.335 e. The first-order chi connectivity index (χ1) is 23.3. The number of amides is 1. The number of nitrogens with one attached hydrogen (secondary N) is 1. The van der Waals surface area contributed by atoms with Gasteiger partial charge in [0.05, 0.1) is 24.4 Å². The molecule has 0 saturated heterocycles. The van der Waals surface area contributed by atoms with Crippen molar-refractivity contribution in [3.8, 4) is 23.0 Å². The summed E-state index contributed by atoms with van der Waals surface area (Å²) < 4.78 is 36.2. The minimum absolute atomic E-state index is 0.0645. The molecule has 4 aromatic carbocycles. The average Bonchev–Trinajstić information content (AvgIpc) is 3.50. The minimum Gasteiger partial charge on any atom is -0.493 e. The number of fused-ring (bicyclic) bond motifs is 1. The summed E-state index contributed by atoms with van der Waals surface area (Å²) in [5, 5.41) is 22.0. The molecule has 5 rings (SSSR count). The minimum atomic E-state index is -0.879. The molecule has 3 atom stereocenters. The topological polar surface area (TPSA) is 153 Å². The van der Waals surface area contributed by atoms with Gasteiger partial charge in [-0.25, -0.2) is 9.18 Å². The number of carboxylic acid groups (broad SMARTS) is 1. The van der Waals surface area contributed by atoms with Crippen LogP contribution in [0.5, 0.6) is 23.0 Å². The number of benzene rings is 4. The lowest BCUT2D eigenvalue weighted by molar-refractivity contribution is -0.108. The Morgan fingerprint density at radius 3 is 2.31 bits per heavy atom. The molecule has 1 aliphatic heterocycles. The van der Waals surface area contributed by atoms with Gasteiger partial charge in [-0.05, 0) is 60.7 Å². The summed E-state index contributed by atoms with van der Waals surface area (Å²) in [6.07, 6.45) is -0.0658. The Kier molecular flexibility index (Phi) is 13.6. The summed E-state index contributed by atoms with van der Waals surface area (Å²) in [4.78, 5) is 23.8. The fourth-order valence-corrected chi connectivity index (χ4v) is 5.11. The second kappa shape index (κ2) is 18.2. The number of carbonyl (C=O) groups is 2. The molecule has 48 heavy (non-hydrogen) atoms. The number of halogens is 1. The molecular formula is C36H40FN3O8. The van der Waals surface area contributed by atoms with Gasteiger partial charge in [0, 0.05) is 31.6 Å². The lowest BCUT2D eigenvalue weighted by atomic mass is 10.0. The molecule has 1 amide bonds. The van der Waals surface area contributed by atoms with Crippen LogP contribution < -0.4 is 34.9 Å². The second-order valence-electron chi connectivity index (χ2n) is 10.7. The van der Waals surface area contributed by atoms with Gasteiger partial charge in [-0.2, -0.15) is 0 Å². The summed E-state index contributed by atoms with van der Waals surface area (Å²) in [5.74, 6) is 1.13. The molecule has 1 heterocycles. The third-order valence-electron chi connectivity index (χ3n) is 7.47. The van der Waals surface area contributed by atoms with Crippen LogP contribution in [0.3, 0.4) is 0 Å². The molecule has 0 aliphatic carbocycles. The first kappa shape index (κ1) is 35.7. The molecule has 0 saturated carbocycles. The Labute approximate surface area is 278 Å². The van der Waals surface area contributed by atoms with Crippen molar-refractivity contribution in [1.29, 1.82) is 0 Å². The number of ether oxygens (including phenoxy) is 4. The Balaban J connectivity index is 0.000000500. The van der Waals surface area contributed by atoms with E-state index in [1.165, 1.54) is 24.3 Å². The molecule has 0 radical (unpaired) electrons. The molecule has 3 unspecified atom stereocenters. The van der Waals surface area contributed by atoms with Gasteiger partial charge < -0.3 is 45.1 Å². The highest BCUT2D eigenvalue weighted by atomic mass is 19.1. The number of methoxy groups -OCH3 is 1. The highest BCUT2D eigenvalue weighted by Gasteiger charge is 2.37. The summed E-state index contributed by atoms with van der Waals surface area (Å²) in [6, 6.07) is 26.5. The Hall–Kier alpha value is -5.17. The maximum Gasteiger partial charge on any atom is 0.335 e. The number of carbonyl (C=O) groups excluding carboxylic acids is 1. The molecule has 0 bridgehead atoms. The molecule has 0 spiro atoms. The van der Waals surface area contributed by atoms with Crippen LogP contribution in [0.2, 0.25) is 0 Å². The molecule has 11 nitrogen and oxygen atoms in total. The number of nitrogens with zero attached hydrogens (tertiary/aromatic N) is 1. The van der Waals surface area contributed by atoms with Crippen molar-refractivity contribution in [3.05, 3.63) is 114 Å². The van der Waals surface area contributed by atoms with E-state index >= 15 is 0 Å². The Bertz CT molecular complexity index is 1590. The van der Waals surface area contributed by atoms with E-state index in [9.17, 15) is 19.1 Å². The highest BCUT2D eigenvalue weighted by molar-refractivity contribution is 5.87. The summed E-state index contributed by atoms with van der Waals surface area (Å²) >= 11 is 0. The number of rotatable bonds is 16. The van der Waals surface area contributed by atoms with Crippen molar-refractivity contribution < 1.29 is 43.1 Å². The third-order valence-corrected chi connectivity index (χ3v) is 7.47. The van der Waals surface area contributed by atoms with E-state index in [2.05, 4.69) is 5.32 Å². The number of aliphatic hydroxyl groups is 1. The van der Waals surface area contributed by atoms with Crippen molar-refractivity contribution in [2.45, 2.75) is 24.7 Å².